The Balaban J connectivity index is 2.25. The first-order valence-corrected chi connectivity index (χ1v) is 9.82. The van der Waals surface area contributed by atoms with Crippen LogP contribution in [0.4, 0.5) is 0 Å². The van der Waals surface area contributed by atoms with E-state index >= 15 is 0 Å². The summed E-state index contributed by atoms with van der Waals surface area (Å²) in [6, 6.07) is 9.49. The van der Waals surface area contributed by atoms with Crippen molar-refractivity contribution in [3.05, 3.63) is 74.8 Å². The van der Waals surface area contributed by atoms with Gasteiger partial charge >= 0.3 is 5.97 Å². The standard InChI is InChI=1S/C21H15Cl3N2O5/c1-30-15-5-3-4-12(19(15)31-2)18(29)13-10-11(22)6-7-14(13)26-16(8-9-17(27)28)25-20(23)21(26)24/h3-10H,1-2H3,(H,27,28)/b9-8+. The molecule has 0 spiro atoms. The molecule has 1 N–H and O–H groups in total. The van der Waals surface area contributed by atoms with Gasteiger partial charge in [0, 0.05) is 16.7 Å². The van der Waals surface area contributed by atoms with E-state index in [1.165, 1.54) is 30.9 Å². The lowest BCUT2D eigenvalue weighted by atomic mass is 10.00. The SMILES string of the molecule is COc1cccc(C(=O)c2cc(Cl)ccc2-n2c(/C=C/C(=O)O)nc(Cl)c2Cl)c1OC. The van der Waals surface area contributed by atoms with E-state index in [1.807, 2.05) is 0 Å². The summed E-state index contributed by atoms with van der Waals surface area (Å²) in [6.45, 7) is 0. The monoisotopic (exact) mass is 480 g/mol. The van der Waals surface area contributed by atoms with E-state index in [9.17, 15) is 9.59 Å². The van der Waals surface area contributed by atoms with Crippen molar-refractivity contribution >= 4 is 52.6 Å². The zero-order valence-electron chi connectivity index (χ0n) is 16.2. The molecule has 0 aliphatic rings. The van der Waals surface area contributed by atoms with E-state index in [2.05, 4.69) is 4.98 Å². The van der Waals surface area contributed by atoms with E-state index in [0.717, 1.165) is 6.08 Å². The van der Waals surface area contributed by atoms with E-state index in [1.54, 1.807) is 30.3 Å². The molecule has 31 heavy (non-hydrogen) atoms. The van der Waals surface area contributed by atoms with Crippen molar-refractivity contribution in [2.24, 2.45) is 0 Å². The minimum absolute atomic E-state index is 0.000634. The quantitative estimate of drug-likeness (QED) is 0.369. The lowest BCUT2D eigenvalue weighted by Gasteiger charge is -2.15. The van der Waals surface area contributed by atoms with Crippen LogP contribution in [0.5, 0.6) is 11.5 Å². The molecule has 7 nitrogen and oxygen atoms in total. The number of nitrogens with zero attached hydrogens (tertiary/aromatic N) is 2. The van der Waals surface area contributed by atoms with Crippen LogP contribution < -0.4 is 9.47 Å². The molecule has 1 heterocycles. The molecule has 0 saturated carbocycles. The zero-order chi connectivity index (χ0) is 22.7. The van der Waals surface area contributed by atoms with E-state index in [-0.39, 0.29) is 33.0 Å². The van der Waals surface area contributed by atoms with Gasteiger partial charge in [0.25, 0.3) is 0 Å². The molecule has 0 saturated heterocycles. The Kier molecular flexibility index (Phi) is 6.90. The van der Waals surface area contributed by atoms with Gasteiger partial charge in [-0.1, -0.05) is 40.9 Å². The average molecular weight is 482 g/mol. The Morgan fingerprint density at radius 2 is 1.81 bits per heavy atom. The molecule has 0 atom stereocenters. The second-order valence-electron chi connectivity index (χ2n) is 6.09. The number of carbonyl (C=O) groups excluding carboxylic acids is 1. The number of rotatable bonds is 7. The zero-order valence-corrected chi connectivity index (χ0v) is 18.5. The van der Waals surface area contributed by atoms with Crippen LogP contribution in [0.1, 0.15) is 21.7 Å². The predicted octanol–water partition coefficient (Wildman–Crippen LogP) is 5.18. The summed E-state index contributed by atoms with van der Waals surface area (Å²) in [4.78, 5) is 28.6. The van der Waals surface area contributed by atoms with Gasteiger partial charge in [0.05, 0.1) is 25.5 Å². The molecule has 0 unspecified atom stereocenters. The number of carbonyl (C=O) groups is 2. The fourth-order valence-corrected chi connectivity index (χ4v) is 3.54. The summed E-state index contributed by atoms with van der Waals surface area (Å²) in [5.41, 5.74) is 0.698. The number of benzene rings is 2. The molecule has 0 aliphatic carbocycles. The Labute approximate surface area is 192 Å². The molecule has 0 fully saturated rings. The third-order valence-corrected chi connectivity index (χ3v) is 5.22. The maximum atomic E-state index is 13.5. The molecule has 0 amide bonds. The summed E-state index contributed by atoms with van der Waals surface area (Å²) < 4.78 is 12.0. The van der Waals surface area contributed by atoms with Crippen LogP contribution >= 0.6 is 34.8 Å². The Bertz CT molecular complexity index is 1200. The number of carboxylic acid groups (broad SMARTS) is 1. The Morgan fingerprint density at radius 3 is 2.45 bits per heavy atom. The fraction of sp³-hybridized carbons (Fsp3) is 0.0952. The minimum atomic E-state index is -1.18. The van der Waals surface area contributed by atoms with E-state index in [4.69, 9.17) is 49.4 Å². The molecule has 10 heteroatoms. The van der Waals surface area contributed by atoms with Gasteiger partial charge in [-0.2, -0.15) is 0 Å². The molecule has 0 aliphatic heterocycles. The molecule has 3 aromatic rings. The summed E-state index contributed by atoms with van der Waals surface area (Å²) in [7, 11) is 2.89. The van der Waals surface area contributed by atoms with Crippen molar-refractivity contribution in [1.82, 2.24) is 9.55 Å². The number of para-hydroxylation sites is 1. The van der Waals surface area contributed by atoms with Gasteiger partial charge in [-0.25, -0.2) is 9.78 Å². The summed E-state index contributed by atoms with van der Waals surface area (Å²) in [5, 5.41) is 9.21. The number of ketones is 1. The molecule has 0 bridgehead atoms. The number of hydrogen-bond acceptors (Lipinski definition) is 5. The van der Waals surface area contributed by atoms with E-state index < -0.39 is 11.8 Å². The fourth-order valence-electron chi connectivity index (χ4n) is 2.97. The summed E-state index contributed by atoms with van der Waals surface area (Å²) in [5.74, 6) is -0.864. The van der Waals surface area contributed by atoms with Crippen LogP contribution in [0.3, 0.4) is 0 Å². The second kappa shape index (κ2) is 9.43. The maximum absolute atomic E-state index is 13.5. The topological polar surface area (TPSA) is 90.7 Å². The first-order chi connectivity index (χ1) is 14.8. The lowest BCUT2D eigenvalue weighted by molar-refractivity contribution is -0.131. The average Bonchev–Trinajstić information content (AvgIpc) is 3.04. The highest BCUT2D eigenvalue weighted by atomic mass is 35.5. The van der Waals surface area contributed by atoms with Crippen molar-refractivity contribution in [3.8, 4) is 17.2 Å². The smallest absolute Gasteiger partial charge is 0.328 e. The van der Waals surface area contributed by atoms with Crippen LogP contribution in [-0.2, 0) is 4.79 Å². The highest BCUT2D eigenvalue weighted by Gasteiger charge is 2.24. The highest BCUT2D eigenvalue weighted by molar-refractivity contribution is 6.41. The number of aliphatic carboxylic acids is 1. The Morgan fingerprint density at radius 1 is 1.06 bits per heavy atom. The molecule has 3 rings (SSSR count). The first-order valence-electron chi connectivity index (χ1n) is 8.68. The molecule has 160 valence electrons. The second-order valence-corrected chi connectivity index (χ2v) is 7.24. The van der Waals surface area contributed by atoms with Crippen molar-refractivity contribution < 1.29 is 24.2 Å². The number of halogens is 3. The molecular formula is C21H15Cl3N2O5. The van der Waals surface area contributed by atoms with Crippen molar-refractivity contribution in [3.63, 3.8) is 0 Å². The highest BCUT2D eigenvalue weighted by Crippen LogP contribution is 2.35. The van der Waals surface area contributed by atoms with Gasteiger partial charge in [0.15, 0.2) is 27.6 Å². The largest absolute Gasteiger partial charge is 0.493 e. The maximum Gasteiger partial charge on any atom is 0.328 e. The number of methoxy groups -OCH3 is 2. The minimum Gasteiger partial charge on any atom is -0.493 e. The third-order valence-electron chi connectivity index (χ3n) is 4.28. The van der Waals surface area contributed by atoms with Crippen molar-refractivity contribution in [2.75, 3.05) is 14.2 Å². The van der Waals surface area contributed by atoms with Gasteiger partial charge in [0.2, 0.25) is 0 Å². The lowest BCUT2D eigenvalue weighted by Crippen LogP contribution is -2.11. The number of imidazole rings is 1. The van der Waals surface area contributed by atoms with Crippen molar-refractivity contribution in [2.45, 2.75) is 0 Å². The third kappa shape index (κ3) is 4.54. The van der Waals surface area contributed by atoms with Crippen LogP contribution in [0.25, 0.3) is 11.8 Å². The molecule has 1 aromatic heterocycles. The van der Waals surface area contributed by atoms with Gasteiger partial charge in [-0.15, -0.1) is 0 Å². The van der Waals surface area contributed by atoms with E-state index in [0.29, 0.717) is 16.5 Å². The molecular weight excluding hydrogens is 467 g/mol. The first kappa shape index (κ1) is 22.7. The van der Waals surface area contributed by atoms with Crippen LogP contribution in [0.15, 0.2) is 42.5 Å². The van der Waals surface area contributed by atoms with Crippen molar-refractivity contribution in [1.29, 1.82) is 0 Å². The van der Waals surface area contributed by atoms with Crippen LogP contribution in [0, 0.1) is 0 Å². The Hall–Kier alpha value is -3.00. The van der Waals surface area contributed by atoms with Crippen LogP contribution in [0.2, 0.25) is 15.3 Å². The summed E-state index contributed by atoms with van der Waals surface area (Å²) in [6.07, 6.45) is 2.10. The van der Waals surface area contributed by atoms with Gasteiger partial charge in [-0.3, -0.25) is 9.36 Å². The predicted molar refractivity (Wildman–Crippen MR) is 118 cm³/mol. The molecule has 0 radical (unpaired) electrons. The number of ether oxygens (including phenoxy) is 2. The van der Waals surface area contributed by atoms with Gasteiger partial charge < -0.3 is 14.6 Å². The van der Waals surface area contributed by atoms with Gasteiger partial charge in [-0.05, 0) is 36.4 Å². The number of hydrogen-bond donors (Lipinski definition) is 1. The normalized spacial score (nSPS) is 11.0. The van der Waals surface area contributed by atoms with Gasteiger partial charge in [0.1, 0.15) is 5.82 Å². The number of aromatic nitrogens is 2. The van der Waals surface area contributed by atoms with Crippen LogP contribution in [-0.4, -0.2) is 40.6 Å². The molecule has 2 aromatic carbocycles. The number of carboxylic acids is 1. The summed E-state index contributed by atoms with van der Waals surface area (Å²) >= 11 is 18.6.